The van der Waals surface area contributed by atoms with Gasteiger partial charge in [-0.05, 0) is 30.9 Å². The van der Waals surface area contributed by atoms with Crippen molar-refractivity contribution in [1.29, 1.82) is 0 Å². The van der Waals surface area contributed by atoms with E-state index >= 15 is 0 Å². The van der Waals surface area contributed by atoms with Crippen LogP contribution in [-0.2, 0) is 15.0 Å². The zero-order valence-electron chi connectivity index (χ0n) is 14.8. The van der Waals surface area contributed by atoms with Crippen molar-refractivity contribution < 1.29 is 19.8 Å². The Hall–Kier alpha value is -1.88. The van der Waals surface area contributed by atoms with Gasteiger partial charge >= 0.3 is 5.97 Å². The average Bonchev–Trinajstić information content (AvgIpc) is 2.62. The van der Waals surface area contributed by atoms with Gasteiger partial charge in [-0.15, -0.1) is 0 Å². The molecule has 0 bridgehead atoms. The molecule has 1 aromatic rings. The Morgan fingerprint density at radius 1 is 1.00 bits per heavy atom. The maximum atomic E-state index is 13.5. The first-order valence-electron chi connectivity index (χ1n) is 9.20. The fourth-order valence-electron chi connectivity index (χ4n) is 4.46. The number of carboxylic acid groups (broad SMARTS) is 1. The molecule has 5 heteroatoms. The van der Waals surface area contributed by atoms with Gasteiger partial charge < -0.3 is 15.1 Å². The van der Waals surface area contributed by atoms with Gasteiger partial charge in [0.2, 0.25) is 5.91 Å². The molecule has 0 spiro atoms. The number of benzene rings is 1. The van der Waals surface area contributed by atoms with Crippen LogP contribution in [0.3, 0.4) is 0 Å². The van der Waals surface area contributed by atoms with E-state index in [1.54, 1.807) is 4.90 Å². The Balaban J connectivity index is 1.87. The summed E-state index contributed by atoms with van der Waals surface area (Å²) < 4.78 is 0. The van der Waals surface area contributed by atoms with Crippen molar-refractivity contribution in [3.05, 3.63) is 35.4 Å². The van der Waals surface area contributed by atoms with Gasteiger partial charge in [0, 0.05) is 25.9 Å². The molecule has 0 radical (unpaired) electrons. The predicted molar refractivity (Wildman–Crippen MR) is 94.3 cm³/mol. The first kappa shape index (κ1) is 17.9. The second-order valence-corrected chi connectivity index (χ2v) is 7.59. The Labute approximate surface area is 148 Å². The van der Waals surface area contributed by atoms with Crippen molar-refractivity contribution in [3.8, 4) is 0 Å². The van der Waals surface area contributed by atoms with E-state index < -0.39 is 17.0 Å². The van der Waals surface area contributed by atoms with Gasteiger partial charge in [-0.2, -0.15) is 0 Å². The molecule has 0 atom stereocenters. The number of amides is 1. The topological polar surface area (TPSA) is 77.8 Å². The average molecular weight is 345 g/mol. The third-order valence-corrected chi connectivity index (χ3v) is 6.05. The van der Waals surface area contributed by atoms with E-state index in [-0.39, 0.29) is 18.7 Å². The number of aliphatic carboxylic acids is 1. The van der Waals surface area contributed by atoms with Crippen LogP contribution >= 0.6 is 0 Å². The second kappa shape index (κ2) is 6.79. The van der Waals surface area contributed by atoms with Gasteiger partial charge in [0.05, 0.1) is 5.41 Å². The minimum Gasteiger partial charge on any atom is -0.479 e. The highest BCUT2D eigenvalue weighted by Crippen LogP contribution is 2.43. The van der Waals surface area contributed by atoms with E-state index in [9.17, 15) is 19.8 Å². The third-order valence-electron chi connectivity index (χ3n) is 6.05. The Morgan fingerprint density at radius 3 is 2.16 bits per heavy atom. The molecule has 1 aliphatic heterocycles. The van der Waals surface area contributed by atoms with Crippen molar-refractivity contribution in [2.75, 3.05) is 13.1 Å². The van der Waals surface area contributed by atoms with Crippen LogP contribution < -0.4 is 0 Å². The number of aliphatic hydroxyl groups is 1. The zero-order valence-corrected chi connectivity index (χ0v) is 14.8. The highest BCUT2D eigenvalue weighted by molar-refractivity contribution is 5.89. The normalized spacial score (nSPS) is 22.4. The van der Waals surface area contributed by atoms with Crippen LogP contribution in [0.4, 0.5) is 0 Å². The molecular formula is C20H27NO4. The minimum atomic E-state index is -1.70. The molecule has 136 valence electrons. The molecule has 1 aromatic carbocycles. The number of hydrogen-bond donors (Lipinski definition) is 2. The number of piperidine rings is 1. The number of carboxylic acids is 1. The monoisotopic (exact) mass is 345 g/mol. The van der Waals surface area contributed by atoms with Crippen molar-refractivity contribution in [3.63, 3.8) is 0 Å². The number of carbonyl (C=O) groups is 2. The fourth-order valence-corrected chi connectivity index (χ4v) is 4.46. The van der Waals surface area contributed by atoms with Crippen LogP contribution in [0.2, 0.25) is 0 Å². The van der Waals surface area contributed by atoms with E-state index in [2.05, 4.69) is 19.1 Å². The van der Waals surface area contributed by atoms with E-state index in [1.165, 1.54) is 0 Å². The lowest BCUT2D eigenvalue weighted by atomic mass is 9.67. The lowest BCUT2D eigenvalue weighted by Gasteiger charge is -2.44. The van der Waals surface area contributed by atoms with Crippen molar-refractivity contribution >= 4 is 11.9 Å². The van der Waals surface area contributed by atoms with E-state index in [0.717, 1.165) is 43.2 Å². The first-order valence-corrected chi connectivity index (χ1v) is 9.20. The van der Waals surface area contributed by atoms with E-state index in [1.807, 2.05) is 12.1 Å². The summed E-state index contributed by atoms with van der Waals surface area (Å²) in [5.41, 5.74) is 0.0529. The number of aryl methyl sites for hydroxylation is 1. The van der Waals surface area contributed by atoms with Crippen LogP contribution in [-0.4, -0.2) is 45.7 Å². The molecular weight excluding hydrogens is 318 g/mol. The van der Waals surface area contributed by atoms with Gasteiger partial charge in [-0.25, -0.2) is 4.79 Å². The highest BCUT2D eigenvalue weighted by atomic mass is 16.4. The SMILES string of the molecule is Cc1ccccc1C1(C(=O)N2CCC(O)(C(=O)O)CC2)CCCCC1. The van der Waals surface area contributed by atoms with E-state index in [0.29, 0.717) is 13.1 Å². The molecule has 25 heavy (non-hydrogen) atoms. The van der Waals surface area contributed by atoms with Gasteiger partial charge in [0.25, 0.3) is 0 Å². The second-order valence-electron chi connectivity index (χ2n) is 7.59. The van der Waals surface area contributed by atoms with Crippen LogP contribution in [0.25, 0.3) is 0 Å². The molecule has 5 nitrogen and oxygen atoms in total. The van der Waals surface area contributed by atoms with Crippen LogP contribution in [0.1, 0.15) is 56.1 Å². The number of rotatable bonds is 3. The maximum absolute atomic E-state index is 13.5. The summed E-state index contributed by atoms with van der Waals surface area (Å²) in [5.74, 6) is -1.08. The van der Waals surface area contributed by atoms with Gasteiger partial charge in [-0.3, -0.25) is 4.79 Å². The molecule has 2 fully saturated rings. The summed E-state index contributed by atoms with van der Waals surface area (Å²) in [6.07, 6.45) is 5.10. The Kier molecular flexibility index (Phi) is 4.87. The number of carbonyl (C=O) groups excluding carboxylic acids is 1. The van der Waals surface area contributed by atoms with Gasteiger partial charge in [-0.1, -0.05) is 43.5 Å². The van der Waals surface area contributed by atoms with Gasteiger partial charge in [0.15, 0.2) is 5.60 Å². The van der Waals surface area contributed by atoms with Crippen molar-refractivity contribution in [2.24, 2.45) is 0 Å². The van der Waals surface area contributed by atoms with E-state index in [4.69, 9.17) is 0 Å². The third kappa shape index (κ3) is 3.17. The molecule has 2 N–H and O–H groups in total. The lowest BCUT2D eigenvalue weighted by Crippen LogP contribution is -2.55. The summed E-state index contributed by atoms with van der Waals surface area (Å²) in [5, 5.41) is 19.3. The summed E-state index contributed by atoms with van der Waals surface area (Å²) in [4.78, 5) is 26.5. The Morgan fingerprint density at radius 2 is 1.60 bits per heavy atom. The number of nitrogens with zero attached hydrogens (tertiary/aromatic N) is 1. The molecule has 1 aliphatic carbocycles. The quantitative estimate of drug-likeness (QED) is 0.883. The molecule has 2 aliphatic rings. The number of hydrogen-bond acceptors (Lipinski definition) is 3. The summed E-state index contributed by atoms with van der Waals surface area (Å²) in [6, 6.07) is 8.10. The summed E-state index contributed by atoms with van der Waals surface area (Å²) in [7, 11) is 0. The first-order chi connectivity index (χ1) is 11.9. The van der Waals surface area contributed by atoms with Crippen molar-refractivity contribution in [2.45, 2.75) is 62.9 Å². The molecule has 1 saturated carbocycles. The molecule has 0 aromatic heterocycles. The van der Waals surface area contributed by atoms with Gasteiger partial charge in [0.1, 0.15) is 0 Å². The molecule has 1 heterocycles. The zero-order chi connectivity index (χ0) is 18.1. The lowest BCUT2D eigenvalue weighted by molar-refractivity contribution is -0.166. The van der Waals surface area contributed by atoms with Crippen molar-refractivity contribution in [1.82, 2.24) is 4.90 Å². The molecule has 1 amide bonds. The largest absolute Gasteiger partial charge is 0.479 e. The maximum Gasteiger partial charge on any atom is 0.335 e. The van der Waals surface area contributed by atoms with Crippen LogP contribution in [0.15, 0.2) is 24.3 Å². The van der Waals surface area contributed by atoms with Crippen LogP contribution in [0, 0.1) is 6.92 Å². The number of likely N-dealkylation sites (tertiary alicyclic amines) is 1. The Bertz CT molecular complexity index is 655. The molecule has 0 unspecified atom stereocenters. The summed E-state index contributed by atoms with van der Waals surface area (Å²) in [6.45, 7) is 2.66. The standard InChI is InChI=1S/C20H27NO4/c1-15-7-3-4-8-16(15)19(9-5-2-6-10-19)17(22)21-13-11-20(25,12-14-21)18(23)24/h3-4,7-8,25H,2,5-6,9-14H2,1H3,(H,23,24). The fraction of sp³-hybridized carbons (Fsp3) is 0.600. The summed E-state index contributed by atoms with van der Waals surface area (Å²) >= 11 is 0. The molecule has 3 rings (SSSR count). The predicted octanol–water partition coefficient (Wildman–Crippen LogP) is 2.64. The smallest absolute Gasteiger partial charge is 0.335 e. The van der Waals surface area contributed by atoms with Crippen LogP contribution in [0.5, 0.6) is 0 Å². The highest BCUT2D eigenvalue weighted by Gasteiger charge is 2.47. The minimum absolute atomic E-state index is 0.0952. The molecule has 1 saturated heterocycles.